The molecule has 6 nitrogen and oxygen atoms in total. The van der Waals surface area contributed by atoms with Crippen LogP contribution in [0.3, 0.4) is 0 Å². The van der Waals surface area contributed by atoms with Gasteiger partial charge in [-0.1, -0.05) is 82.3 Å². The van der Waals surface area contributed by atoms with Crippen LogP contribution in [0, 0.1) is 11.5 Å². The van der Waals surface area contributed by atoms with Gasteiger partial charge in [-0.15, -0.1) is 5.26 Å². The molecule has 0 fully saturated rings. The molecule has 0 aliphatic carbocycles. The van der Waals surface area contributed by atoms with Gasteiger partial charge in [0, 0.05) is 16.9 Å². The van der Waals surface area contributed by atoms with Crippen LogP contribution in [0.25, 0.3) is 0 Å². The van der Waals surface area contributed by atoms with Gasteiger partial charge in [0.2, 0.25) is 6.08 Å². The third-order valence-electron chi connectivity index (χ3n) is 7.93. The zero-order valence-corrected chi connectivity index (χ0v) is 25.1. The minimum Gasteiger partial charge on any atom is -0.457 e. The second kappa shape index (κ2) is 12.7. The second-order valence-electron chi connectivity index (χ2n) is 11.4. The van der Waals surface area contributed by atoms with Crippen LogP contribution >= 0.6 is 0 Å². The smallest absolute Gasteiger partial charge is 0.292 e. The number of isocyanates is 1. The van der Waals surface area contributed by atoms with Gasteiger partial charge in [0.15, 0.2) is 0 Å². The molecule has 0 amide bonds. The highest BCUT2D eigenvalue weighted by atomic mass is 16.5. The molecule has 6 heteroatoms. The summed E-state index contributed by atoms with van der Waals surface area (Å²) in [6.07, 6.45) is 3.27. The largest absolute Gasteiger partial charge is 0.457 e. The summed E-state index contributed by atoms with van der Waals surface area (Å²) < 4.78 is 17.2. The Bertz CT molecular complexity index is 1810. The Labute approximate surface area is 257 Å². The third-order valence-corrected chi connectivity index (χ3v) is 7.93. The molecule has 44 heavy (non-hydrogen) atoms. The molecule has 5 rings (SSSR count). The summed E-state index contributed by atoms with van der Waals surface area (Å²) in [5.74, 6) is 3.30. The van der Waals surface area contributed by atoms with Crippen LogP contribution in [0.2, 0.25) is 0 Å². The molecule has 0 aliphatic rings. The molecule has 0 radical (unpaired) electrons. The average molecular weight is 581 g/mol. The predicted molar refractivity (Wildman–Crippen MR) is 171 cm³/mol. The number of carbonyl (C=O) groups excluding carboxylic acids is 1. The summed E-state index contributed by atoms with van der Waals surface area (Å²) in [5, 5.41) is 8.72. The number of aliphatic imine (C=N–C) groups is 1. The highest BCUT2D eigenvalue weighted by Gasteiger charge is 2.24. The van der Waals surface area contributed by atoms with E-state index in [4.69, 9.17) is 19.5 Å². The van der Waals surface area contributed by atoms with Gasteiger partial charge in [0.1, 0.15) is 28.7 Å². The van der Waals surface area contributed by atoms with E-state index in [1.165, 1.54) is 0 Å². The molecule has 5 aromatic rings. The lowest BCUT2D eigenvalue weighted by atomic mass is 9.78. The molecular formula is C38H32N2O4. The number of nitriles is 1. The van der Waals surface area contributed by atoms with Gasteiger partial charge in [0.25, 0.3) is 6.26 Å². The monoisotopic (exact) mass is 580 g/mol. The fourth-order valence-electron chi connectivity index (χ4n) is 5.08. The maximum Gasteiger partial charge on any atom is 0.292 e. The predicted octanol–water partition coefficient (Wildman–Crippen LogP) is 9.75. The van der Waals surface area contributed by atoms with E-state index in [1.807, 2.05) is 84.9 Å². The zero-order valence-electron chi connectivity index (χ0n) is 25.1. The molecule has 5 aromatic carbocycles. The summed E-state index contributed by atoms with van der Waals surface area (Å²) in [4.78, 5) is 14.2. The third kappa shape index (κ3) is 6.71. The van der Waals surface area contributed by atoms with E-state index < -0.39 is 0 Å². The van der Waals surface area contributed by atoms with E-state index >= 15 is 0 Å². The number of hydrogen-bond donors (Lipinski definition) is 0. The lowest BCUT2D eigenvalue weighted by Gasteiger charge is -2.26. The van der Waals surface area contributed by atoms with Gasteiger partial charge in [-0.3, -0.25) is 0 Å². The maximum atomic E-state index is 10.5. The van der Waals surface area contributed by atoms with Crippen molar-refractivity contribution in [1.29, 1.82) is 5.26 Å². The SMILES string of the molecule is CC(C)(c1ccc(N=C=O)cc1)c1ccc(Oc2cccc(Oc3ccc(C(C)(C)c4ccc(OC#N)cc4)cc3)c2)cc1. The summed E-state index contributed by atoms with van der Waals surface area (Å²) in [6.45, 7) is 8.61. The van der Waals surface area contributed by atoms with Crippen molar-refractivity contribution in [3.05, 3.63) is 144 Å². The molecule has 218 valence electrons. The normalized spacial score (nSPS) is 11.2. The van der Waals surface area contributed by atoms with Crippen LogP contribution in [0.5, 0.6) is 28.7 Å². The Balaban J connectivity index is 1.24. The average Bonchev–Trinajstić information content (AvgIpc) is 3.03. The molecule has 0 unspecified atom stereocenters. The van der Waals surface area contributed by atoms with Gasteiger partial charge in [-0.05, 0) is 82.9 Å². The Hall–Kier alpha value is -5.63. The Morgan fingerprint density at radius 3 is 1.32 bits per heavy atom. The highest BCUT2D eigenvalue weighted by Crippen LogP contribution is 2.36. The van der Waals surface area contributed by atoms with Crippen LogP contribution in [0.4, 0.5) is 5.69 Å². The first-order valence-electron chi connectivity index (χ1n) is 14.2. The number of ether oxygens (including phenoxy) is 3. The fourth-order valence-corrected chi connectivity index (χ4v) is 5.08. The van der Waals surface area contributed by atoms with Crippen molar-refractivity contribution >= 4 is 11.8 Å². The van der Waals surface area contributed by atoms with Gasteiger partial charge in [-0.2, -0.15) is 4.99 Å². The topological polar surface area (TPSA) is 80.9 Å². The summed E-state index contributed by atoms with van der Waals surface area (Å²) in [6, 6.07) is 38.8. The van der Waals surface area contributed by atoms with E-state index in [0.29, 0.717) is 22.9 Å². The summed E-state index contributed by atoms with van der Waals surface area (Å²) in [7, 11) is 0. The van der Waals surface area contributed by atoms with Crippen molar-refractivity contribution < 1.29 is 19.0 Å². The summed E-state index contributed by atoms with van der Waals surface area (Å²) >= 11 is 0. The van der Waals surface area contributed by atoms with Gasteiger partial charge >= 0.3 is 0 Å². The van der Waals surface area contributed by atoms with Crippen LogP contribution in [-0.4, -0.2) is 6.08 Å². The molecule has 0 atom stereocenters. The molecular weight excluding hydrogens is 548 g/mol. The van der Waals surface area contributed by atoms with E-state index in [1.54, 1.807) is 24.5 Å². The highest BCUT2D eigenvalue weighted by molar-refractivity contribution is 5.51. The first-order valence-corrected chi connectivity index (χ1v) is 14.2. The Morgan fingerprint density at radius 1 is 0.545 bits per heavy atom. The molecule has 0 heterocycles. The van der Waals surface area contributed by atoms with E-state index in [2.05, 4.69) is 57.0 Å². The van der Waals surface area contributed by atoms with Crippen LogP contribution in [0.1, 0.15) is 49.9 Å². The van der Waals surface area contributed by atoms with Gasteiger partial charge < -0.3 is 14.2 Å². The standard InChI is InChI=1S/C38H32N2O4/c1-37(2,27-8-16-31(17-9-27)40-26-41)29-12-20-33(21-13-29)43-35-6-5-7-36(24-35)44-34-22-14-30(15-23-34)38(3,4)28-10-18-32(19-11-28)42-25-39/h5-24H,1-4H3. The van der Waals surface area contributed by atoms with Crippen LogP contribution in [-0.2, 0) is 15.6 Å². The molecule has 0 saturated heterocycles. The number of hydrogen-bond acceptors (Lipinski definition) is 6. The number of nitrogens with zero attached hydrogens (tertiary/aromatic N) is 2. The molecule has 0 aliphatic heterocycles. The first kappa shape index (κ1) is 29.8. The van der Waals surface area contributed by atoms with Crippen molar-refractivity contribution in [2.45, 2.75) is 38.5 Å². The maximum absolute atomic E-state index is 10.5. The molecule has 0 bridgehead atoms. The quantitative estimate of drug-likeness (QED) is 0.0933. The number of benzene rings is 5. The second-order valence-corrected chi connectivity index (χ2v) is 11.4. The van der Waals surface area contributed by atoms with E-state index in [0.717, 1.165) is 33.8 Å². The minimum atomic E-state index is -0.252. The number of rotatable bonds is 10. The molecule has 0 saturated carbocycles. The van der Waals surface area contributed by atoms with Crippen molar-refractivity contribution in [2.75, 3.05) is 0 Å². The Kier molecular flexibility index (Phi) is 8.62. The lowest BCUT2D eigenvalue weighted by Crippen LogP contribution is -2.18. The zero-order chi connectivity index (χ0) is 31.2. The van der Waals surface area contributed by atoms with Crippen molar-refractivity contribution in [2.24, 2.45) is 4.99 Å². The van der Waals surface area contributed by atoms with Crippen molar-refractivity contribution in [1.82, 2.24) is 0 Å². The van der Waals surface area contributed by atoms with Gasteiger partial charge in [-0.25, -0.2) is 4.79 Å². The summed E-state index contributed by atoms with van der Waals surface area (Å²) in [5.41, 5.74) is 4.56. The fraction of sp³-hybridized carbons (Fsp3) is 0.158. The van der Waals surface area contributed by atoms with Gasteiger partial charge in [0.05, 0.1) is 5.69 Å². The van der Waals surface area contributed by atoms with Crippen LogP contribution < -0.4 is 14.2 Å². The first-order chi connectivity index (χ1) is 21.2. The Morgan fingerprint density at radius 2 is 0.932 bits per heavy atom. The van der Waals surface area contributed by atoms with Crippen molar-refractivity contribution in [3.8, 4) is 35.0 Å². The molecule has 0 aromatic heterocycles. The van der Waals surface area contributed by atoms with E-state index in [9.17, 15) is 4.79 Å². The van der Waals surface area contributed by atoms with E-state index in [-0.39, 0.29) is 10.8 Å². The lowest BCUT2D eigenvalue weighted by molar-refractivity contribution is 0.459. The van der Waals surface area contributed by atoms with Crippen LogP contribution in [0.15, 0.2) is 126 Å². The molecule has 0 N–H and O–H groups in total. The minimum absolute atomic E-state index is 0.251. The molecule has 0 spiro atoms. The van der Waals surface area contributed by atoms with Crippen molar-refractivity contribution in [3.63, 3.8) is 0 Å².